The third-order valence-corrected chi connectivity index (χ3v) is 5.72. The average Bonchev–Trinajstić information content (AvgIpc) is 2.94. The number of hydrogen-bond acceptors (Lipinski definition) is 4. The summed E-state index contributed by atoms with van der Waals surface area (Å²) >= 11 is 1.03. The van der Waals surface area contributed by atoms with Crippen molar-refractivity contribution in [2.75, 3.05) is 7.05 Å². The van der Waals surface area contributed by atoms with Crippen molar-refractivity contribution in [1.82, 2.24) is 4.90 Å². The van der Waals surface area contributed by atoms with Crippen LogP contribution in [0.3, 0.4) is 0 Å². The number of thioether (sulfide) groups is 1. The molecule has 0 bridgehead atoms. The SMILES string of the molecule is CN1C(=O)SC(c2ccc3cc(OCc4ccccc4F)ccc3c2)C1=O. The Labute approximate surface area is 159 Å². The van der Waals surface area contributed by atoms with Gasteiger partial charge >= 0.3 is 0 Å². The summed E-state index contributed by atoms with van der Waals surface area (Å²) in [6.45, 7) is 0.151. The van der Waals surface area contributed by atoms with Gasteiger partial charge in [-0.1, -0.05) is 36.4 Å². The second kappa shape index (κ2) is 7.04. The van der Waals surface area contributed by atoms with Gasteiger partial charge in [-0.2, -0.15) is 0 Å². The number of carbonyl (C=O) groups excluding carboxylic acids is 2. The summed E-state index contributed by atoms with van der Waals surface area (Å²) in [6.07, 6.45) is 0. The average molecular weight is 381 g/mol. The van der Waals surface area contributed by atoms with Gasteiger partial charge < -0.3 is 4.74 Å². The molecule has 0 aromatic heterocycles. The van der Waals surface area contributed by atoms with Gasteiger partial charge in [-0.3, -0.25) is 14.5 Å². The van der Waals surface area contributed by atoms with Crippen molar-refractivity contribution < 1.29 is 18.7 Å². The van der Waals surface area contributed by atoms with E-state index < -0.39 is 5.25 Å². The number of halogens is 1. The highest BCUT2D eigenvalue weighted by atomic mass is 32.2. The smallest absolute Gasteiger partial charge is 0.289 e. The summed E-state index contributed by atoms with van der Waals surface area (Å²) in [4.78, 5) is 25.1. The number of imide groups is 1. The minimum absolute atomic E-state index is 0.151. The van der Waals surface area contributed by atoms with E-state index in [9.17, 15) is 14.0 Å². The predicted octanol–water partition coefficient (Wildman–Crippen LogP) is 4.92. The lowest BCUT2D eigenvalue weighted by Crippen LogP contribution is -2.24. The van der Waals surface area contributed by atoms with Gasteiger partial charge in [0.05, 0.1) is 0 Å². The zero-order chi connectivity index (χ0) is 19.0. The Hall–Kier alpha value is -2.86. The number of fused-ring (bicyclic) bond motifs is 1. The fraction of sp³-hybridized carbons (Fsp3) is 0.143. The second-order valence-electron chi connectivity index (χ2n) is 6.31. The quantitative estimate of drug-likeness (QED) is 0.643. The number of carbonyl (C=O) groups is 2. The largest absolute Gasteiger partial charge is 0.489 e. The lowest BCUT2D eigenvalue weighted by Gasteiger charge is -2.11. The number of hydrogen-bond donors (Lipinski definition) is 0. The molecule has 1 unspecified atom stereocenters. The van der Waals surface area contributed by atoms with Gasteiger partial charge in [-0.15, -0.1) is 0 Å². The molecule has 2 amide bonds. The van der Waals surface area contributed by atoms with E-state index in [1.807, 2.05) is 36.4 Å². The highest BCUT2D eigenvalue weighted by molar-refractivity contribution is 8.14. The molecule has 0 aliphatic carbocycles. The number of benzene rings is 3. The van der Waals surface area contributed by atoms with Crippen LogP contribution in [-0.4, -0.2) is 23.1 Å². The molecular weight excluding hydrogens is 365 g/mol. The molecule has 0 radical (unpaired) electrons. The van der Waals surface area contributed by atoms with Crippen LogP contribution in [0.4, 0.5) is 9.18 Å². The van der Waals surface area contributed by atoms with Crippen molar-refractivity contribution in [2.24, 2.45) is 0 Å². The number of nitrogens with zero attached hydrogens (tertiary/aromatic N) is 1. The molecule has 6 heteroatoms. The van der Waals surface area contributed by atoms with Crippen LogP contribution < -0.4 is 4.74 Å². The Morgan fingerprint density at radius 2 is 1.78 bits per heavy atom. The number of likely N-dealkylation sites (N-methyl/N-ethyl adjacent to an activating group) is 1. The topological polar surface area (TPSA) is 46.6 Å². The molecular formula is C21H16FNO3S. The van der Waals surface area contributed by atoms with Crippen LogP contribution in [0.25, 0.3) is 10.8 Å². The second-order valence-corrected chi connectivity index (χ2v) is 7.37. The number of rotatable bonds is 4. The van der Waals surface area contributed by atoms with Crippen molar-refractivity contribution in [2.45, 2.75) is 11.9 Å². The molecule has 0 saturated carbocycles. The number of amides is 2. The predicted molar refractivity (Wildman–Crippen MR) is 103 cm³/mol. The van der Waals surface area contributed by atoms with Gasteiger partial charge in [0.1, 0.15) is 23.4 Å². The summed E-state index contributed by atoms with van der Waals surface area (Å²) in [5.41, 5.74) is 1.30. The monoisotopic (exact) mass is 381 g/mol. The lowest BCUT2D eigenvalue weighted by atomic mass is 10.0. The highest BCUT2D eigenvalue weighted by Crippen LogP contribution is 2.39. The van der Waals surface area contributed by atoms with Crippen molar-refractivity contribution in [3.05, 3.63) is 77.6 Å². The third kappa shape index (κ3) is 3.40. The van der Waals surface area contributed by atoms with Crippen LogP contribution in [0, 0.1) is 5.82 Å². The molecule has 1 saturated heterocycles. The normalized spacial score (nSPS) is 17.0. The van der Waals surface area contributed by atoms with Gasteiger partial charge in [0.25, 0.3) is 5.24 Å². The molecule has 3 aromatic rings. The molecule has 3 aromatic carbocycles. The Morgan fingerprint density at radius 1 is 1.04 bits per heavy atom. The highest BCUT2D eigenvalue weighted by Gasteiger charge is 2.38. The maximum absolute atomic E-state index is 13.7. The molecule has 1 aliphatic heterocycles. The fourth-order valence-electron chi connectivity index (χ4n) is 2.98. The molecule has 0 N–H and O–H groups in total. The standard InChI is InChI=1S/C21H16FNO3S/c1-23-20(24)19(27-21(23)25)15-7-6-14-11-17(9-8-13(14)10-15)26-12-16-4-2-3-5-18(16)22/h2-11,19H,12H2,1H3. The van der Waals surface area contributed by atoms with Gasteiger partial charge in [0, 0.05) is 12.6 Å². The zero-order valence-corrected chi connectivity index (χ0v) is 15.3. The molecule has 1 aliphatic rings. The first-order chi connectivity index (χ1) is 13.0. The Bertz CT molecular complexity index is 1050. The Morgan fingerprint density at radius 3 is 2.52 bits per heavy atom. The molecule has 4 rings (SSSR count). The summed E-state index contributed by atoms with van der Waals surface area (Å²) in [6, 6.07) is 17.8. The van der Waals surface area contributed by atoms with Crippen molar-refractivity contribution in [3.63, 3.8) is 0 Å². The van der Waals surface area contributed by atoms with Gasteiger partial charge in [0.15, 0.2) is 0 Å². The maximum atomic E-state index is 13.7. The Kier molecular flexibility index (Phi) is 4.58. The first-order valence-corrected chi connectivity index (χ1v) is 9.29. The minimum Gasteiger partial charge on any atom is -0.489 e. The van der Waals surface area contributed by atoms with Crippen molar-refractivity contribution in [3.8, 4) is 5.75 Å². The van der Waals surface area contributed by atoms with Crippen molar-refractivity contribution in [1.29, 1.82) is 0 Å². The summed E-state index contributed by atoms with van der Waals surface area (Å²) in [5, 5.41) is 1.16. The van der Waals surface area contributed by atoms with E-state index in [0.717, 1.165) is 33.0 Å². The van der Waals surface area contributed by atoms with E-state index in [2.05, 4.69) is 0 Å². The van der Waals surface area contributed by atoms with E-state index in [1.54, 1.807) is 18.2 Å². The van der Waals surface area contributed by atoms with Gasteiger partial charge in [0.2, 0.25) is 5.91 Å². The third-order valence-electron chi connectivity index (χ3n) is 4.54. The van der Waals surface area contributed by atoms with Crippen LogP contribution in [-0.2, 0) is 11.4 Å². The summed E-state index contributed by atoms with van der Waals surface area (Å²) in [7, 11) is 1.50. The summed E-state index contributed by atoms with van der Waals surface area (Å²) < 4.78 is 19.4. The zero-order valence-electron chi connectivity index (χ0n) is 14.5. The molecule has 4 nitrogen and oxygen atoms in total. The fourth-order valence-corrected chi connectivity index (χ4v) is 3.97. The molecule has 1 heterocycles. The molecule has 27 heavy (non-hydrogen) atoms. The summed E-state index contributed by atoms with van der Waals surface area (Å²) in [5.74, 6) is 0.148. The van der Waals surface area contributed by atoms with E-state index in [0.29, 0.717) is 11.3 Å². The van der Waals surface area contributed by atoms with Crippen LogP contribution in [0.1, 0.15) is 16.4 Å². The van der Waals surface area contributed by atoms with E-state index in [4.69, 9.17) is 4.74 Å². The molecule has 0 spiro atoms. The Balaban J connectivity index is 1.55. The van der Waals surface area contributed by atoms with E-state index in [-0.39, 0.29) is 23.6 Å². The van der Waals surface area contributed by atoms with Gasteiger partial charge in [-0.25, -0.2) is 4.39 Å². The van der Waals surface area contributed by atoms with Crippen LogP contribution in [0.2, 0.25) is 0 Å². The van der Waals surface area contributed by atoms with Gasteiger partial charge in [-0.05, 0) is 52.4 Å². The van der Waals surface area contributed by atoms with Crippen LogP contribution in [0.5, 0.6) is 5.75 Å². The minimum atomic E-state index is -0.496. The molecule has 136 valence electrons. The lowest BCUT2D eigenvalue weighted by molar-refractivity contribution is -0.125. The van der Waals surface area contributed by atoms with E-state index in [1.165, 1.54) is 13.1 Å². The van der Waals surface area contributed by atoms with Crippen LogP contribution >= 0.6 is 11.8 Å². The first-order valence-electron chi connectivity index (χ1n) is 8.41. The number of ether oxygens (including phenoxy) is 1. The first kappa shape index (κ1) is 17.5. The van der Waals surface area contributed by atoms with Crippen LogP contribution in [0.15, 0.2) is 60.7 Å². The molecule has 1 atom stereocenters. The maximum Gasteiger partial charge on any atom is 0.289 e. The van der Waals surface area contributed by atoms with E-state index >= 15 is 0 Å². The van der Waals surface area contributed by atoms with Crippen molar-refractivity contribution >= 4 is 33.7 Å². The molecule has 1 fully saturated rings.